The molecule has 0 aliphatic carbocycles. The van der Waals surface area contributed by atoms with E-state index in [0.717, 1.165) is 10.6 Å². The van der Waals surface area contributed by atoms with Gasteiger partial charge in [-0.05, 0) is 18.2 Å². The molecule has 1 aromatic carbocycles. The second-order valence-corrected chi connectivity index (χ2v) is 4.27. The van der Waals surface area contributed by atoms with E-state index in [1.165, 1.54) is 11.3 Å². The Kier molecular flexibility index (Phi) is 2.20. The molecule has 0 unspecified atom stereocenters. The van der Waals surface area contributed by atoms with Crippen LogP contribution in [-0.2, 0) is 0 Å². The van der Waals surface area contributed by atoms with Gasteiger partial charge in [-0.15, -0.1) is 11.3 Å². The summed E-state index contributed by atoms with van der Waals surface area (Å²) in [4.78, 5) is 17.9. The van der Waals surface area contributed by atoms with Crippen molar-refractivity contribution in [3.05, 3.63) is 34.1 Å². The van der Waals surface area contributed by atoms with Crippen molar-refractivity contribution in [2.75, 3.05) is 5.43 Å². The molecule has 0 fully saturated rings. The molecular formula is C10H8N4O2S. The topological polar surface area (TPSA) is 96.9 Å². The fraction of sp³-hybridized carbons (Fsp3) is 0. The van der Waals surface area contributed by atoms with Crippen LogP contribution in [-0.4, -0.2) is 9.97 Å². The van der Waals surface area contributed by atoms with Crippen molar-refractivity contribution in [2.45, 2.75) is 0 Å². The van der Waals surface area contributed by atoms with Gasteiger partial charge in [0.05, 0.1) is 5.52 Å². The minimum Gasteiger partial charge on any atom is -0.408 e. The molecule has 0 radical (unpaired) electrons. The minimum absolute atomic E-state index is 0.458. The lowest BCUT2D eigenvalue weighted by Crippen LogP contribution is -2.06. The van der Waals surface area contributed by atoms with Crippen LogP contribution in [0.1, 0.15) is 0 Å². The van der Waals surface area contributed by atoms with E-state index >= 15 is 0 Å². The van der Waals surface area contributed by atoms with Gasteiger partial charge in [-0.25, -0.2) is 15.6 Å². The van der Waals surface area contributed by atoms with Crippen LogP contribution in [0.2, 0.25) is 0 Å². The van der Waals surface area contributed by atoms with E-state index in [-0.39, 0.29) is 0 Å². The number of nitrogens with one attached hydrogen (secondary N) is 2. The molecule has 4 N–H and O–H groups in total. The van der Waals surface area contributed by atoms with Crippen LogP contribution in [0.15, 0.2) is 32.8 Å². The summed E-state index contributed by atoms with van der Waals surface area (Å²) in [6, 6.07) is 5.42. The monoisotopic (exact) mass is 248 g/mol. The van der Waals surface area contributed by atoms with Crippen molar-refractivity contribution in [3.8, 4) is 10.6 Å². The first kappa shape index (κ1) is 10.1. The second kappa shape index (κ2) is 3.72. The van der Waals surface area contributed by atoms with Crippen LogP contribution < -0.4 is 17.0 Å². The van der Waals surface area contributed by atoms with Gasteiger partial charge in [0.15, 0.2) is 11.4 Å². The second-order valence-electron chi connectivity index (χ2n) is 3.41. The highest BCUT2D eigenvalue weighted by Gasteiger charge is 2.07. The number of nitrogens with two attached hydrogens (primary N) is 1. The smallest absolute Gasteiger partial charge is 0.408 e. The Bertz CT molecular complexity index is 727. The van der Waals surface area contributed by atoms with Gasteiger partial charge in [0.25, 0.3) is 0 Å². The maximum absolute atomic E-state index is 11.0. The first-order valence-corrected chi connectivity index (χ1v) is 5.69. The third kappa shape index (κ3) is 1.71. The maximum atomic E-state index is 11.0. The summed E-state index contributed by atoms with van der Waals surface area (Å²) < 4.78 is 4.99. The van der Waals surface area contributed by atoms with Gasteiger partial charge in [-0.3, -0.25) is 4.98 Å². The predicted octanol–water partition coefficient (Wildman–Crippen LogP) is 1.53. The number of hydrazine groups is 1. The summed E-state index contributed by atoms with van der Waals surface area (Å²) in [5.74, 6) is 5.42. The SMILES string of the molecule is NNc1csc(-c2ccc3[nH]c(=O)oc3c2)n1. The van der Waals surface area contributed by atoms with Crippen LogP contribution in [0, 0.1) is 0 Å². The zero-order chi connectivity index (χ0) is 11.8. The summed E-state index contributed by atoms with van der Waals surface area (Å²) in [7, 11) is 0. The molecule has 0 atom stereocenters. The number of hydrogen-bond acceptors (Lipinski definition) is 6. The number of fused-ring (bicyclic) bond motifs is 1. The van der Waals surface area contributed by atoms with Crippen molar-refractivity contribution in [3.63, 3.8) is 0 Å². The average molecular weight is 248 g/mol. The van der Waals surface area contributed by atoms with Crippen molar-refractivity contribution in [1.29, 1.82) is 0 Å². The first-order chi connectivity index (χ1) is 8.26. The molecule has 0 aliphatic heterocycles. The molecule has 0 spiro atoms. The lowest BCUT2D eigenvalue weighted by molar-refractivity contribution is 0.555. The highest BCUT2D eigenvalue weighted by atomic mass is 32.1. The Labute approximate surface area is 99.1 Å². The van der Waals surface area contributed by atoms with E-state index in [2.05, 4.69) is 15.4 Å². The average Bonchev–Trinajstić information content (AvgIpc) is 2.92. The van der Waals surface area contributed by atoms with Crippen LogP contribution in [0.25, 0.3) is 21.7 Å². The van der Waals surface area contributed by atoms with Gasteiger partial charge in [0.2, 0.25) is 0 Å². The van der Waals surface area contributed by atoms with Crippen LogP contribution >= 0.6 is 11.3 Å². The number of oxazole rings is 1. The lowest BCUT2D eigenvalue weighted by Gasteiger charge is -1.95. The van der Waals surface area contributed by atoms with E-state index in [4.69, 9.17) is 10.3 Å². The molecule has 2 heterocycles. The third-order valence-electron chi connectivity index (χ3n) is 2.32. The van der Waals surface area contributed by atoms with Crippen LogP contribution in [0.3, 0.4) is 0 Å². The van der Waals surface area contributed by atoms with E-state index in [1.807, 2.05) is 11.4 Å². The molecule has 0 bridgehead atoms. The zero-order valence-electron chi connectivity index (χ0n) is 8.56. The Morgan fingerprint density at radius 1 is 1.47 bits per heavy atom. The van der Waals surface area contributed by atoms with Crippen molar-refractivity contribution >= 4 is 28.3 Å². The predicted molar refractivity (Wildman–Crippen MR) is 65.8 cm³/mol. The number of anilines is 1. The number of rotatable bonds is 2. The van der Waals surface area contributed by atoms with E-state index in [9.17, 15) is 4.79 Å². The third-order valence-corrected chi connectivity index (χ3v) is 3.21. The van der Waals surface area contributed by atoms with Crippen molar-refractivity contribution in [1.82, 2.24) is 9.97 Å². The van der Waals surface area contributed by atoms with Gasteiger partial charge < -0.3 is 9.84 Å². The summed E-state index contributed by atoms with van der Waals surface area (Å²) in [5, 5.41) is 2.62. The number of thiazole rings is 1. The highest BCUT2D eigenvalue weighted by Crippen LogP contribution is 2.27. The Morgan fingerprint density at radius 2 is 2.35 bits per heavy atom. The molecular weight excluding hydrogens is 240 g/mol. The molecule has 17 heavy (non-hydrogen) atoms. The van der Waals surface area contributed by atoms with Gasteiger partial charge in [0, 0.05) is 10.9 Å². The van der Waals surface area contributed by atoms with Gasteiger partial charge in [-0.1, -0.05) is 0 Å². The summed E-state index contributed by atoms with van der Waals surface area (Å²) in [6.07, 6.45) is 0. The molecule has 6 nitrogen and oxygen atoms in total. The first-order valence-electron chi connectivity index (χ1n) is 4.81. The number of benzene rings is 1. The number of nitrogens with zero attached hydrogens (tertiary/aromatic N) is 1. The van der Waals surface area contributed by atoms with E-state index in [0.29, 0.717) is 16.9 Å². The molecule has 7 heteroatoms. The van der Waals surface area contributed by atoms with Crippen LogP contribution in [0.4, 0.5) is 5.82 Å². The molecule has 3 aromatic rings. The molecule has 3 rings (SSSR count). The number of aromatic amines is 1. The normalized spacial score (nSPS) is 10.9. The zero-order valence-corrected chi connectivity index (χ0v) is 9.38. The van der Waals surface area contributed by atoms with Gasteiger partial charge in [0.1, 0.15) is 5.01 Å². The standard InChI is InChI=1S/C10H8N4O2S/c11-14-8-4-17-9(13-8)5-1-2-6-7(3-5)16-10(15)12-6/h1-4,14H,11H2,(H,12,15). The van der Waals surface area contributed by atoms with Crippen LogP contribution in [0.5, 0.6) is 0 Å². The molecule has 0 aliphatic rings. The van der Waals surface area contributed by atoms with Gasteiger partial charge in [-0.2, -0.15) is 0 Å². The summed E-state index contributed by atoms with van der Waals surface area (Å²) in [6.45, 7) is 0. The van der Waals surface area contributed by atoms with E-state index < -0.39 is 5.76 Å². The number of aromatic nitrogens is 2. The maximum Gasteiger partial charge on any atom is 0.417 e. The molecule has 86 valence electrons. The highest BCUT2D eigenvalue weighted by molar-refractivity contribution is 7.13. The quantitative estimate of drug-likeness (QED) is 0.472. The molecule has 0 amide bonds. The fourth-order valence-corrected chi connectivity index (χ4v) is 2.31. The fourth-order valence-electron chi connectivity index (χ4n) is 1.55. The van der Waals surface area contributed by atoms with E-state index in [1.54, 1.807) is 12.1 Å². The number of nitrogen functional groups attached to an aromatic ring is 1. The summed E-state index contributed by atoms with van der Waals surface area (Å²) in [5.41, 5.74) is 4.55. The number of H-pyrrole nitrogens is 1. The Hall–Kier alpha value is -2.12. The minimum atomic E-state index is -0.458. The molecule has 2 aromatic heterocycles. The Balaban J connectivity index is 2.13. The van der Waals surface area contributed by atoms with Gasteiger partial charge >= 0.3 is 5.76 Å². The molecule has 0 saturated heterocycles. The summed E-state index contributed by atoms with van der Waals surface area (Å²) >= 11 is 1.46. The Morgan fingerprint density at radius 3 is 3.12 bits per heavy atom. The largest absolute Gasteiger partial charge is 0.417 e. The van der Waals surface area contributed by atoms with Crippen molar-refractivity contribution < 1.29 is 4.42 Å². The molecule has 0 saturated carbocycles. The lowest BCUT2D eigenvalue weighted by atomic mass is 10.2. The number of hydrogen-bond donors (Lipinski definition) is 3. The van der Waals surface area contributed by atoms with Crippen molar-refractivity contribution in [2.24, 2.45) is 5.84 Å².